The minimum absolute atomic E-state index is 0.780. The lowest BCUT2D eigenvalue weighted by Gasteiger charge is -2.21. The molecule has 0 bridgehead atoms. The SMILES string of the molecule is CC(C)SCC(C)C(C)CSC(C)C. The molecule has 0 aromatic heterocycles. The maximum absolute atomic E-state index is 2.39. The third-order valence-corrected chi connectivity index (χ3v) is 5.13. The highest BCUT2D eigenvalue weighted by molar-refractivity contribution is 8.00. The Kier molecular flexibility index (Phi) is 8.32. The van der Waals surface area contributed by atoms with E-state index in [1.165, 1.54) is 11.5 Å². The molecule has 2 heteroatoms. The van der Waals surface area contributed by atoms with E-state index in [2.05, 4.69) is 65.1 Å². The zero-order valence-corrected chi connectivity index (χ0v) is 12.2. The first-order chi connectivity index (χ1) is 6.43. The van der Waals surface area contributed by atoms with E-state index in [9.17, 15) is 0 Å². The van der Waals surface area contributed by atoms with Gasteiger partial charge >= 0.3 is 0 Å². The summed E-state index contributed by atoms with van der Waals surface area (Å²) < 4.78 is 0. The van der Waals surface area contributed by atoms with Crippen LogP contribution in [0.25, 0.3) is 0 Å². The number of thioether (sulfide) groups is 2. The topological polar surface area (TPSA) is 0 Å². The van der Waals surface area contributed by atoms with Crippen molar-refractivity contribution in [3.8, 4) is 0 Å². The average molecular weight is 234 g/mol. The van der Waals surface area contributed by atoms with Crippen molar-refractivity contribution in [2.75, 3.05) is 11.5 Å². The molecule has 0 saturated carbocycles. The minimum Gasteiger partial charge on any atom is -0.159 e. The molecule has 14 heavy (non-hydrogen) atoms. The summed E-state index contributed by atoms with van der Waals surface area (Å²) in [4.78, 5) is 0. The smallest absolute Gasteiger partial charge is 0.000958 e. The first kappa shape index (κ1) is 14.7. The summed E-state index contributed by atoms with van der Waals surface area (Å²) in [6.07, 6.45) is 0. The summed E-state index contributed by atoms with van der Waals surface area (Å²) in [5.74, 6) is 4.34. The summed E-state index contributed by atoms with van der Waals surface area (Å²) in [5.41, 5.74) is 0. The molecule has 0 aromatic carbocycles. The van der Waals surface area contributed by atoms with Crippen molar-refractivity contribution < 1.29 is 0 Å². The molecule has 0 aromatic rings. The van der Waals surface area contributed by atoms with Crippen LogP contribution in [0.3, 0.4) is 0 Å². The van der Waals surface area contributed by atoms with Gasteiger partial charge in [-0.2, -0.15) is 23.5 Å². The predicted octanol–water partition coefficient (Wildman–Crippen LogP) is 4.54. The Labute approximate surface area is 99.0 Å². The van der Waals surface area contributed by atoms with E-state index in [0.717, 1.165) is 22.3 Å². The van der Waals surface area contributed by atoms with Gasteiger partial charge in [0.25, 0.3) is 0 Å². The lowest BCUT2D eigenvalue weighted by Crippen LogP contribution is -2.15. The van der Waals surface area contributed by atoms with Crippen molar-refractivity contribution in [2.45, 2.75) is 52.0 Å². The second-order valence-corrected chi connectivity index (χ2v) is 7.94. The van der Waals surface area contributed by atoms with Gasteiger partial charge in [0.1, 0.15) is 0 Å². The summed E-state index contributed by atoms with van der Waals surface area (Å²) >= 11 is 4.19. The van der Waals surface area contributed by atoms with Gasteiger partial charge in [0, 0.05) is 0 Å². The quantitative estimate of drug-likeness (QED) is 0.634. The maximum atomic E-state index is 2.39. The number of hydrogen-bond donors (Lipinski definition) is 0. The molecule has 0 aliphatic carbocycles. The highest BCUT2D eigenvalue weighted by Crippen LogP contribution is 2.24. The molecule has 2 atom stereocenters. The van der Waals surface area contributed by atoms with E-state index in [-0.39, 0.29) is 0 Å². The van der Waals surface area contributed by atoms with Crippen molar-refractivity contribution in [3.63, 3.8) is 0 Å². The molecule has 0 N–H and O–H groups in total. The van der Waals surface area contributed by atoms with Gasteiger partial charge in [-0.3, -0.25) is 0 Å². The first-order valence-corrected chi connectivity index (χ1v) is 7.76. The Morgan fingerprint density at radius 1 is 0.643 bits per heavy atom. The summed E-state index contributed by atoms with van der Waals surface area (Å²) in [7, 11) is 0. The van der Waals surface area contributed by atoms with E-state index in [0.29, 0.717) is 0 Å². The lowest BCUT2D eigenvalue weighted by atomic mass is 10.0. The van der Waals surface area contributed by atoms with Gasteiger partial charge in [-0.1, -0.05) is 41.5 Å². The molecule has 0 heterocycles. The van der Waals surface area contributed by atoms with Gasteiger partial charge in [-0.25, -0.2) is 0 Å². The van der Waals surface area contributed by atoms with E-state index >= 15 is 0 Å². The van der Waals surface area contributed by atoms with E-state index in [4.69, 9.17) is 0 Å². The Bertz CT molecular complexity index is 116. The molecule has 0 spiro atoms. The van der Waals surface area contributed by atoms with Crippen LogP contribution >= 0.6 is 23.5 Å². The fourth-order valence-electron chi connectivity index (χ4n) is 1.02. The molecule has 0 aliphatic heterocycles. The van der Waals surface area contributed by atoms with Crippen LogP contribution in [0.1, 0.15) is 41.5 Å². The van der Waals surface area contributed by atoms with E-state index < -0.39 is 0 Å². The highest BCUT2D eigenvalue weighted by Gasteiger charge is 2.13. The second kappa shape index (κ2) is 7.92. The van der Waals surface area contributed by atoms with Gasteiger partial charge in [0.05, 0.1) is 0 Å². The van der Waals surface area contributed by atoms with Gasteiger partial charge < -0.3 is 0 Å². The first-order valence-electron chi connectivity index (χ1n) is 5.66. The van der Waals surface area contributed by atoms with Crippen LogP contribution in [-0.4, -0.2) is 22.0 Å². The summed E-state index contributed by atoms with van der Waals surface area (Å²) in [5, 5.41) is 1.56. The molecule has 86 valence electrons. The fraction of sp³-hybridized carbons (Fsp3) is 1.00. The molecule has 0 fully saturated rings. The van der Waals surface area contributed by atoms with Crippen LogP contribution in [0.2, 0.25) is 0 Å². The molecule has 0 rings (SSSR count). The zero-order valence-electron chi connectivity index (χ0n) is 10.5. The van der Waals surface area contributed by atoms with Crippen molar-refractivity contribution in [3.05, 3.63) is 0 Å². The van der Waals surface area contributed by atoms with E-state index in [1.807, 2.05) is 0 Å². The van der Waals surface area contributed by atoms with Crippen LogP contribution in [0.5, 0.6) is 0 Å². The van der Waals surface area contributed by atoms with Gasteiger partial charge in [-0.05, 0) is 33.8 Å². The van der Waals surface area contributed by atoms with Crippen molar-refractivity contribution in [1.82, 2.24) is 0 Å². The average Bonchev–Trinajstić information content (AvgIpc) is 2.09. The van der Waals surface area contributed by atoms with Gasteiger partial charge in [-0.15, -0.1) is 0 Å². The van der Waals surface area contributed by atoms with Crippen LogP contribution < -0.4 is 0 Å². The van der Waals surface area contributed by atoms with Crippen LogP contribution in [0.15, 0.2) is 0 Å². The van der Waals surface area contributed by atoms with Gasteiger partial charge in [0.2, 0.25) is 0 Å². The number of hydrogen-bond acceptors (Lipinski definition) is 2. The van der Waals surface area contributed by atoms with Gasteiger partial charge in [0.15, 0.2) is 0 Å². The molecule has 0 radical (unpaired) electrons. The normalized spacial score (nSPS) is 16.3. The monoisotopic (exact) mass is 234 g/mol. The minimum atomic E-state index is 0.780. The molecule has 0 nitrogen and oxygen atoms in total. The molecule has 0 amide bonds. The Morgan fingerprint density at radius 3 is 1.14 bits per heavy atom. The predicted molar refractivity (Wildman–Crippen MR) is 73.5 cm³/mol. The Balaban J connectivity index is 3.59. The standard InChI is InChI=1S/C12H26S2/c1-9(2)13-7-11(5)12(6)8-14-10(3)4/h9-12H,7-8H2,1-6H3. The fourth-order valence-corrected chi connectivity index (χ4v) is 3.05. The summed E-state index contributed by atoms with van der Waals surface area (Å²) in [6, 6.07) is 0. The molecule has 0 saturated heterocycles. The molecule has 0 aliphatic rings. The van der Waals surface area contributed by atoms with Crippen LogP contribution in [0.4, 0.5) is 0 Å². The third-order valence-electron chi connectivity index (χ3n) is 2.36. The number of rotatable bonds is 7. The molecule has 2 unspecified atom stereocenters. The Morgan fingerprint density at radius 2 is 0.929 bits per heavy atom. The lowest BCUT2D eigenvalue weighted by molar-refractivity contribution is 0.471. The largest absolute Gasteiger partial charge is 0.159 e. The van der Waals surface area contributed by atoms with Crippen molar-refractivity contribution >= 4 is 23.5 Å². The van der Waals surface area contributed by atoms with E-state index in [1.54, 1.807) is 0 Å². The summed E-state index contributed by atoms with van der Waals surface area (Å²) in [6.45, 7) is 13.9. The maximum Gasteiger partial charge on any atom is -0.000958 e. The highest BCUT2D eigenvalue weighted by atomic mass is 32.2. The van der Waals surface area contributed by atoms with Crippen molar-refractivity contribution in [2.24, 2.45) is 11.8 Å². The Hall–Kier alpha value is 0.700. The van der Waals surface area contributed by atoms with Crippen molar-refractivity contribution in [1.29, 1.82) is 0 Å². The second-order valence-electron chi connectivity index (χ2n) is 4.72. The zero-order chi connectivity index (χ0) is 11.1. The van der Waals surface area contributed by atoms with Crippen LogP contribution in [0, 0.1) is 11.8 Å². The van der Waals surface area contributed by atoms with Crippen LogP contribution in [-0.2, 0) is 0 Å². The third kappa shape index (κ3) is 8.05. The molecular formula is C12H26S2. The molecular weight excluding hydrogens is 208 g/mol.